The number of nitrogens with two attached hydrogens (primary N) is 1. The molecule has 1 aliphatic carbocycles. The fourth-order valence-electron chi connectivity index (χ4n) is 3.07. The van der Waals surface area contributed by atoms with Crippen LogP contribution in [0.15, 0.2) is 18.2 Å². The fraction of sp³-hybridized carbons (Fsp3) is 0.625. The van der Waals surface area contributed by atoms with Crippen LogP contribution in [0.4, 0.5) is 0 Å². The van der Waals surface area contributed by atoms with Crippen molar-refractivity contribution in [3.05, 3.63) is 28.8 Å². The molecule has 2 fully saturated rings. The van der Waals surface area contributed by atoms with Gasteiger partial charge in [0.05, 0.1) is 11.6 Å². The predicted molar refractivity (Wildman–Crippen MR) is 82.2 cm³/mol. The van der Waals surface area contributed by atoms with E-state index >= 15 is 0 Å². The largest absolute Gasteiger partial charge is 0.491 e. The number of likely N-dealkylation sites (tertiary alicyclic amines) is 1. The maximum Gasteiger partial charge on any atom is 0.142 e. The van der Waals surface area contributed by atoms with E-state index in [1.54, 1.807) is 0 Å². The summed E-state index contributed by atoms with van der Waals surface area (Å²) in [6.45, 7) is 2.60. The molecule has 1 aromatic rings. The summed E-state index contributed by atoms with van der Waals surface area (Å²) in [6.07, 6.45) is 3.67. The zero-order valence-electron chi connectivity index (χ0n) is 12.0. The highest BCUT2D eigenvalue weighted by molar-refractivity contribution is 6.32. The number of para-hydroxylation sites is 1. The standard InChI is InChI=1S/C16H23ClN2O/c1-19-9-12(8-18)7-15(19)13-3-2-4-14(17)16(13)20-10-11-5-6-11/h2-4,11-12,15H,5-10,18H2,1H3. The monoisotopic (exact) mass is 294 g/mol. The Labute approximate surface area is 126 Å². The van der Waals surface area contributed by atoms with Crippen molar-refractivity contribution in [3.63, 3.8) is 0 Å². The average molecular weight is 295 g/mol. The van der Waals surface area contributed by atoms with Crippen molar-refractivity contribution in [3.8, 4) is 5.75 Å². The maximum atomic E-state index is 6.36. The van der Waals surface area contributed by atoms with Crippen LogP contribution in [0, 0.1) is 11.8 Å². The van der Waals surface area contributed by atoms with E-state index in [2.05, 4.69) is 18.0 Å². The minimum atomic E-state index is 0.372. The molecule has 1 heterocycles. The van der Waals surface area contributed by atoms with E-state index in [-0.39, 0.29) is 0 Å². The molecular weight excluding hydrogens is 272 g/mol. The highest BCUT2D eigenvalue weighted by Gasteiger charge is 2.32. The first kappa shape index (κ1) is 14.2. The fourth-order valence-corrected chi connectivity index (χ4v) is 3.30. The van der Waals surface area contributed by atoms with E-state index in [1.165, 1.54) is 18.4 Å². The molecule has 2 N–H and O–H groups in total. The Balaban J connectivity index is 1.82. The van der Waals surface area contributed by atoms with Gasteiger partial charge in [0.25, 0.3) is 0 Å². The van der Waals surface area contributed by atoms with E-state index in [9.17, 15) is 0 Å². The van der Waals surface area contributed by atoms with Crippen molar-refractivity contribution < 1.29 is 4.74 Å². The van der Waals surface area contributed by atoms with Gasteiger partial charge in [-0.25, -0.2) is 0 Å². The molecule has 1 aliphatic heterocycles. The quantitative estimate of drug-likeness (QED) is 0.907. The minimum Gasteiger partial charge on any atom is -0.491 e. The Morgan fingerprint density at radius 2 is 2.15 bits per heavy atom. The lowest BCUT2D eigenvalue weighted by atomic mass is 9.99. The summed E-state index contributed by atoms with van der Waals surface area (Å²) in [6, 6.07) is 6.46. The molecule has 0 amide bonds. The molecule has 0 spiro atoms. The van der Waals surface area contributed by atoms with Crippen LogP contribution < -0.4 is 10.5 Å². The van der Waals surface area contributed by atoms with E-state index in [4.69, 9.17) is 22.1 Å². The van der Waals surface area contributed by atoms with Gasteiger partial charge in [-0.3, -0.25) is 4.90 Å². The number of ether oxygens (including phenoxy) is 1. The Morgan fingerprint density at radius 1 is 1.35 bits per heavy atom. The molecule has 3 rings (SSSR count). The summed E-state index contributed by atoms with van der Waals surface area (Å²) in [5.74, 6) is 2.19. The lowest BCUT2D eigenvalue weighted by molar-refractivity contribution is 0.273. The van der Waals surface area contributed by atoms with Gasteiger partial charge in [-0.05, 0) is 50.8 Å². The Bertz CT molecular complexity index is 476. The summed E-state index contributed by atoms with van der Waals surface area (Å²) < 4.78 is 6.03. The molecule has 1 saturated carbocycles. The molecular formula is C16H23ClN2O. The second kappa shape index (κ2) is 5.92. The van der Waals surface area contributed by atoms with Gasteiger partial charge in [0.2, 0.25) is 0 Å². The highest BCUT2D eigenvalue weighted by Crippen LogP contribution is 2.42. The molecule has 1 aromatic carbocycles. The second-order valence-corrected chi connectivity index (χ2v) is 6.61. The number of hydrogen-bond acceptors (Lipinski definition) is 3. The number of hydrogen-bond donors (Lipinski definition) is 1. The lowest BCUT2D eigenvalue weighted by Gasteiger charge is -2.23. The van der Waals surface area contributed by atoms with Gasteiger partial charge in [0.1, 0.15) is 5.75 Å². The van der Waals surface area contributed by atoms with Crippen molar-refractivity contribution in [1.82, 2.24) is 4.90 Å². The molecule has 4 heteroatoms. The van der Waals surface area contributed by atoms with Crippen molar-refractivity contribution in [2.45, 2.75) is 25.3 Å². The zero-order chi connectivity index (χ0) is 14.1. The summed E-state index contributed by atoms with van der Waals surface area (Å²) in [4.78, 5) is 2.37. The number of benzene rings is 1. The van der Waals surface area contributed by atoms with E-state index in [0.717, 1.165) is 42.8 Å². The van der Waals surface area contributed by atoms with E-state index in [0.29, 0.717) is 12.0 Å². The molecule has 2 atom stereocenters. The first-order valence-corrected chi connectivity index (χ1v) is 7.88. The van der Waals surface area contributed by atoms with Crippen LogP contribution in [0.2, 0.25) is 5.02 Å². The molecule has 20 heavy (non-hydrogen) atoms. The molecule has 1 saturated heterocycles. The average Bonchev–Trinajstić information content (AvgIpc) is 3.19. The molecule has 2 aliphatic rings. The van der Waals surface area contributed by atoms with Gasteiger partial charge < -0.3 is 10.5 Å². The molecule has 3 nitrogen and oxygen atoms in total. The Kier molecular flexibility index (Phi) is 4.20. The van der Waals surface area contributed by atoms with Crippen molar-refractivity contribution >= 4 is 11.6 Å². The maximum absolute atomic E-state index is 6.36. The lowest BCUT2D eigenvalue weighted by Crippen LogP contribution is -2.21. The van der Waals surface area contributed by atoms with Crippen LogP contribution in [-0.4, -0.2) is 31.6 Å². The van der Waals surface area contributed by atoms with Crippen molar-refractivity contribution in [2.75, 3.05) is 26.7 Å². The number of nitrogens with zero attached hydrogens (tertiary/aromatic N) is 1. The van der Waals surface area contributed by atoms with Crippen LogP contribution >= 0.6 is 11.6 Å². The van der Waals surface area contributed by atoms with Crippen LogP contribution in [0.25, 0.3) is 0 Å². The molecule has 0 radical (unpaired) electrons. The number of rotatable bonds is 5. The topological polar surface area (TPSA) is 38.5 Å². The summed E-state index contributed by atoms with van der Waals surface area (Å²) in [5.41, 5.74) is 7.05. The first-order chi connectivity index (χ1) is 9.69. The highest BCUT2D eigenvalue weighted by atomic mass is 35.5. The Hall–Kier alpha value is -0.770. The van der Waals surface area contributed by atoms with Gasteiger partial charge in [-0.2, -0.15) is 0 Å². The first-order valence-electron chi connectivity index (χ1n) is 7.50. The van der Waals surface area contributed by atoms with Gasteiger partial charge >= 0.3 is 0 Å². The third-order valence-corrected chi connectivity index (χ3v) is 4.78. The van der Waals surface area contributed by atoms with Crippen molar-refractivity contribution in [1.29, 1.82) is 0 Å². The summed E-state index contributed by atoms with van der Waals surface area (Å²) in [5, 5.41) is 0.729. The van der Waals surface area contributed by atoms with E-state index in [1.807, 2.05) is 12.1 Å². The Morgan fingerprint density at radius 3 is 2.80 bits per heavy atom. The third kappa shape index (κ3) is 2.95. The number of halogens is 1. The zero-order valence-corrected chi connectivity index (χ0v) is 12.8. The smallest absolute Gasteiger partial charge is 0.142 e. The van der Waals surface area contributed by atoms with Crippen LogP contribution in [0.5, 0.6) is 5.75 Å². The van der Waals surface area contributed by atoms with Crippen molar-refractivity contribution in [2.24, 2.45) is 17.6 Å². The van der Waals surface area contributed by atoms with Gasteiger partial charge in [0.15, 0.2) is 0 Å². The van der Waals surface area contributed by atoms with Crippen LogP contribution in [0.3, 0.4) is 0 Å². The molecule has 0 bridgehead atoms. The van der Waals surface area contributed by atoms with Crippen LogP contribution in [-0.2, 0) is 0 Å². The third-order valence-electron chi connectivity index (χ3n) is 4.48. The van der Waals surface area contributed by atoms with Crippen LogP contribution in [0.1, 0.15) is 30.9 Å². The summed E-state index contributed by atoms with van der Waals surface area (Å²) >= 11 is 6.36. The molecule has 2 unspecified atom stereocenters. The van der Waals surface area contributed by atoms with Gasteiger partial charge in [-0.1, -0.05) is 23.7 Å². The molecule has 110 valence electrons. The SMILES string of the molecule is CN1CC(CN)CC1c1cccc(Cl)c1OCC1CC1. The minimum absolute atomic E-state index is 0.372. The van der Waals surface area contributed by atoms with Gasteiger partial charge in [-0.15, -0.1) is 0 Å². The predicted octanol–water partition coefficient (Wildman–Crippen LogP) is 3.08. The second-order valence-electron chi connectivity index (χ2n) is 6.21. The van der Waals surface area contributed by atoms with E-state index < -0.39 is 0 Å². The normalized spacial score (nSPS) is 26.9. The summed E-state index contributed by atoms with van der Waals surface area (Å²) in [7, 11) is 2.16. The van der Waals surface area contributed by atoms with Gasteiger partial charge in [0, 0.05) is 18.2 Å². The molecule has 0 aromatic heterocycles.